The third kappa shape index (κ3) is 8.58. The Bertz CT molecular complexity index is 854. The molecule has 1 aliphatic heterocycles. The van der Waals surface area contributed by atoms with Gasteiger partial charge in [0.15, 0.2) is 0 Å². The number of morpholine rings is 1. The molecule has 2 aliphatic carbocycles. The Hall–Kier alpha value is -2.13. The van der Waals surface area contributed by atoms with Crippen LogP contribution in [0, 0.1) is 11.8 Å². The predicted molar refractivity (Wildman–Crippen MR) is 130 cm³/mol. The van der Waals surface area contributed by atoms with Gasteiger partial charge in [-0.25, -0.2) is 4.98 Å². The molecule has 3 heterocycles. The molecule has 34 heavy (non-hydrogen) atoms. The van der Waals surface area contributed by atoms with Gasteiger partial charge < -0.3 is 15.8 Å². The summed E-state index contributed by atoms with van der Waals surface area (Å²) in [5.74, 6) is 1.90. The first kappa shape index (κ1) is 28.1. The third-order valence-corrected chi connectivity index (χ3v) is 5.98. The van der Waals surface area contributed by atoms with Gasteiger partial charge in [0, 0.05) is 36.6 Å². The van der Waals surface area contributed by atoms with E-state index in [4.69, 9.17) is 10.5 Å². The van der Waals surface area contributed by atoms with Gasteiger partial charge in [0.25, 0.3) is 0 Å². The van der Waals surface area contributed by atoms with E-state index in [1.807, 2.05) is 27.7 Å². The van der Waals surface area contributed by atoms with Crippen molar-refractivity contribution in [2.24, 2.45) is 11.8 Å². The number of fused-ring (bicyclic) bond motifs is 1. The van der Waals surface area contributed by atoms with Crippen LogP contribution in [-0.4, -0.2) is 40.6 Å². The summed E-state index contributed by atoms with van der Waals surface area (Å²) in [6.07, 6.45) is 4.72. The Balaban J connectivity index is 0.000000219. The van der Waals surface area contributed by atoms with E-state index in [1.54, 1.807) is 36.2 Å². The van der Waals surface area contributed by atoms with Gasteiger partial charge in [0.1, 0.15) is 5.82 Å². The minimum Gasteiger partial charge on any atom is -0.383 e. The second-order valence-electron chi connectivity index (χ2n) is 9.05. The van der Waals surface area contributed by atoms with Crippen molar-refractivity contribution in [2.75, 3.05) is 25.5 Å². The smallest absolute Gasteiger partial charge is 0.383 e. The number of alkyl halides is 3. The van der Waals surface area contributed by atoms with Gasteiger partial charge in [-0.1, -0.05) is 33.1 Å². The summed E-state index contributed by atoms with van der Waals surface area (Å²) in [5, 5.41) is 7.46. The Morgan fingerprint density at radius 2 is 1.88 bits per heavy atom. The summed E-state index contributed by atoms with van der Waals surface area (Å²) in [6.45, 7) is 12.8. The van der Waals surface area contributed by atoms with E-state index in [0.29, 0.717) is 17.3 Å². The van der Waals surface area contributed by atoms with Crippen molar-refractivity contribution in [3.05, 3.63) is 30.1 Å². The summed E-state index contributed by atoms with van der Waals surface area (Å²) >= 11 is 0. The van der Waals surface area contributed by atoms with E-state index in [0.717, 1.165) is 25.8 Å². The average Bonchev–Trinajstić information content (AvgIpc) is 3.17. The third-order valence-electron chi connectivity index (χ3n) is 5.98. The molecule has 5 rings (SSSR count). The first-order chi connectivity index (χ1) is 16.1. The molecule has 3 fully saturated rings. The first-order valence-corrected chi connectivity index (χ1v) is 12.3. The number of hydrogen-bond donors (Lipinski definition) is 2. The minimum absolute atomic E-state index is 0.137. The molecule has 2 aromatic heterocycles. The standard InChI is InChI=1S/C12H13F3N4.C6H10.C5H11NO.C2H6/c1-7(2)19-4-3-10(18-19)8-5-9(12(13,14)15)11(16)17-6-8;1-2-5-4-6(5)3-1;1-5-4-7-3-2-6-5;1-2/h3-7H,1-2H3,(H2,16,17);5-6H,1-4H2;5-6H,2-4H2,1H3;1-2H3. The quantitative estimate of drug-likeness (QED) is 0.552. The Kier molecular flexibility index (Phi) is 10.8. The SMILES string of the molecule is C1CC2CC2C1.CC.CC(C)n1ccc(-c2cnc(N)c(C(F)(F)F)c2)n1.CC1COCCN1. The molecule has 3 unspecified atom stereocenters. The van der Waals surface area contributed by atoms with Crippen LogP contribution in [0.3, 0.4) is 0 Å². The van der Waals surface area contributed by atoms with Gasteiger partial charge >= 0.3 is 6.18 Å². The molecule has 6 nitrogen and oxygen atoms in total. The second kappa shape index (κ2) is 13.1. The zero-order chi connectivity index (χ0) is 25.3. The van der Waals surface area contributed by atoms with Crippen LogP contribution in [0.15, 0.2) is 24.5 Å². The monoisotopic (exact) mass is 483 g/mol. The fourth-order valence-corrected chi connectivity index (χ4v) is 3.98. The van der Waals surface area contributed by atoms with Crippen LogP contribution in [0.5, 0.6) is 0 Å². The number of hydrogen-bond acceptors (Lipinski definition) is 5. The zero-order valence-corrected chi connectivity index (χ0v) is 21.0. The zero-order valence-electron chi connectivity index (χ0n) is 21.0. The Labute approximate surface area is 201 Å². The topological polar surface area (TPSA) is 78.0 Å². The van der Waals surface area contributed by atoms with E-state index < -0.39 is 17.6 Å². The lowest BCUT2D eigenvalue weighted by Crippen LogP contribution is -2.38. The van der Waals surface area contributed by atoms with Crippen molar-refractivity contribution >= 4 is 5.82 Å². The molecule has 192 valence electrons. The highest BCUT2D eigenvalue weighted by Crippen LogP contribution is 2.51. The van der Waals surface area contributed by atoms with Crippen LogP contribution in [-0.2, 0) is 10.9 Å². The van der Waals surface area contributed by atoms with E-state index in [9.17, 15) is 13.2 Å². The maximum atomic E-state index is 12.7. The van der Waals surface area contributed by atoms with Crippen molar-refractivity contribution in [3.8, 4) is 11.3 Å². The first-order valence-electron chi connectivity index (χ1n) is 12.3. The molecule has 0 aromatic carbocycles. The van der Waals surface area contributed by atoms with Crippen LogP contribution in [0.4, 0.5) is 19.0 Å². The predicted octanol–water partition coefficient (Wildman–Crippen LogP) is 5.95. The van der Waals surface area contributed by atoms with Crippen LogP contribution in [0.25, 0.3) is 11.3 Å². The number of halogens is 3. The maximum absolute atomic E-state index is 12.7. The van der Waals surface area contributed by atoms with Gasteiger partial charge in [-0.15, -0.1) is 0 Å². The molecule has 9 heteroatoms. The summed E-state index contributed by atoms with van der Waals surface area (Å²) in [4.78, 5) is 3.58. The van der Waals surface area contributed by atoms with E-state index in [1.165, 1.54) is 24.5 Å². The molecule has 0 bridgehead atoms. The number of nitrogen functional groups attached to an aromatic ring is 1. The normalized spacial score (nSPS) is 22.9. The number of anilines is 1. The summed E-state index contributed by atoms with van der Waals surface area (Å²) in [7, 11) is 0. The number of nitrogens with zero attached hydrogens (tertiary/aromatic N) is 3. The number of nitrogens with one attached hydrogen (secondary N) is 1. The highest BCUT2D eigenvalue weighted by molar-refractivity contribution is 5.61. The molecule has 0 spiro atoms. The molecule has 2 saturated carbocycles. The fourth-order valence-electron chi connectivity index (χ4n) is 3.98. The van der Waals surface area contributed by atoms with Crippen LogP contribution in [0.1, 0.15) is 71.9 Å². The molecule has 1 saturated heterocycles. The number of nitrogens with two attached hydrogens (primary N) is 1. The van der Waals surface area contributed by atoms with Crippen molar-refractivity contribution in [2.45, 2.75) is 78.6 Å². The maximum Gasteiger partial charge on any atom is 0.419 e. The Morgan fingerprint density at radius 3 is 2.26 bits per heavy atom. The van der Waals surface area contributed by atoms with Crippen LogP contribution in [0.2, 0.25) is 0 Å². The minimum atomic E-state index is -4.52. The molecule has 2 aromatic rings. The lowest BCUT2D eigenvalue weighted by atomic mass is 10.1. The molecular formula is C25H40F3N5O. The molecule has 3 atom stereocenters. The van der Waals surface area contributed by atoms with E-state index >= 15 is 0 Å². The lowest BCUT2D eigenvalue weighted by molar-refractivity contribution is -0.137. The van der Waals surface area contributed by atoms with Crippen molar-refractivity contribution in [1.82, 2.24) is 20.1 Å². The lowest BCUT2D eigenvalue weighted by Gasteiger charge is -2.19. The van der Waals surface area contributed by atoms with Gasteiger partial charge in [-0.3, -0.25) is 4.68 Å². The number of pyridine rings is 1. The van der Waals surface area contributed by atoms with E-state index in [-0.39, 0.29) is 6.04 Å². The largest absolute Gasteiger partial charge is 0.419 e. The molecule has 3 aliphatic rings. The number of rotatable bonds is 2. The molecule has 0 radical (unpaired) electrons. The van der Waals surface area contributed by atoms with Crippen LogP contribution >= 0.6 is 0 Å². The fraction of sp³-hybridized carbons (Fsp3) is 0.680. The number of aromatic nitrogens is 3. The van der Waals surface area contributed by atoms with Crippen molar-refractivity contribution in [1.29, 1.82) is 0 Å². The highest BCUT2D eigenvalue weighted by Gasteiger charge is 2.40. The number of ether oxygens (including phenoxy) is 1. The van der Waals surface area contributed by atoms with E-state index in [2.05, 4.69) is 22.3 Å². The Morgan fingerprint density at radius 1 is 1.21 bits per heavy atom. The van der Waals surface area contributed by atoms with Gasteiger partial charge in [-0.2, -0.15) is 18.3 Å². The summed E-state index contributed by atoms with van der Waals surface area (Å²) < 4.78 is 45.0. The van der Waals surface area contributed by atoms with Crippen LogP contribution < -0.4 is 11.1 Å². The van der Waals surface area contributed by atoms with Crippen molar-refractivity contribution < 1.29 is 17.9 Å². The second-order valence-corrected chi connectivity index (χ2v) is 9.05. The molecular weight excluding hydrogens is 443 g/mol. The van der Waals surface area contributed by atoms with Crippen molar-refractivity contribution in [3.63, 3.8) is 0 Å². The van der Waals surface area contributed by atoms with Gasteiger partial charge in [0.2, 0.25) is 0 Å². The summed E-state index contributed by atoms with van der Waals surface area (Å²) in [5.41, 5.74) is 5.04. The van der Waals surface area contributed by atoms with Gasteiger partial charge in [-0.05, 0) is 51.2 Å². The molecule has 3 N–H and O–H groups in total. The molecule has 0 amide bonds. The highest BCUT2D eigenvalue weighted by atomic mass is 19.4. The van der Waals surface area contributed by atoms with Gasteiger partial charge in [0.05, 0.1) is 24.5 Å². The summed E-state index contributed by atoms with van der Waals surface area (Å²) in [6, 6.07) is 3.31. The average molecular weight is 484 g/mol.